The lowest BCUT2D eigenvalue weighted by Crippen LogP contribution is -2.21. The normalized spacial score (nSPS) is 11.3. The maximum atomic E-state index is 13.5. The molecule has 1 aromatic heterocycles. The summed E-state index contributed by atoms with van der Waals surface area (Å²) in [5.74, 6) is -0.830. The summed E-state index contributed by atoms with van der Waals surface area (Å²) in [4.78, 5) is 13.4. The number of H-pyrrole nitrogens is 1. The van der Waals surface area contributed by atoms with Gasteiger partial charge >= 0.3 is 0 Å². The average Bonchev–Trinajstić information content (AvgIpc) is 2.33. The largest absolute Gasteiger partial charge is 0.366 e. The van der Waals surface area contributed by atoms with Gasteiger partial charge in [-0.3, -0.25) is 9.52 Å². The summed E-state index contributed by atoms with van der Waals surface area (Å²) in [5, 5.41) is 0.137. The standard InChI is InChI=1S/C11H8ClFN2O3S/c12-7-1-2-9(8(13)5-7)15-19(17,18)11-6-14-4-3-10(11)16/h1-6,15H,(H,14,16). The van der Waals surface area contributed by atoms with Gasteiger partial charge in [0.25, 0.3) is 10.0 Å². The summed E-state index contributed by atoms with van der Waals surface area (Å²) in [6, 6.07) is 4.53. The van der Waals surface area contributed by atoms with Crippen LogP contribution < -0.4 is 10.2 Å². The van der Waals surface area contributed by atoms with Gasteiger partial charge in [-0.2, -0.15) is 0 Å². The minimum Gasteiger partial charge on any atom is -0.366 e. The van der Waals surface area contributed by atoms with E-state index in [1.165, 1.54) is 18.3 Å². The van der Waals surface area contributed by atoms with Crippen LogP contribution in [0.5, 0.6) is 0 Å². The number of benzene rings is 1. The summed E-state index contributed by atoms with van der Waals surface area (Å²) in [5.41, 5.74) is -0.978. The Morgan fingerprint density at radius 1 is 1.26 bits per heavy atom. The second-order valence-electron chi connectivity index (χ2n) is 3.60. The van der Waals surface area contributed by atoms with Gasteiger partial charge in [0.15, 0.2) is 4.90 Å². The molecule has 0 fully saturated rings. The molecule has 0 aliphatic heterocycles. The summed E-state index contributed by atoms with van der Waals surface area (Å²) >= 11 is 5.56. The lowest BCUT2D eigenvalue weighted by Gasteiger charge is -2.08. The SMILES string of the molecule is O=c1cc[nH]cc1S(=O)(=O)Nc1ccc(Cl)cc1F. The number of hydrogen-bond acceptors (Lipinski definition) is 3. The Labute approximate surface area is 113 Å². The third-order valence-corrected chi connectivity index (χ3v) is 3.87. The van der Waals surface area contributed by atoms with Crippen molar-refractivity contribution >= 4 is 27.3 Å². The first-order valence-electron chi connectivity index (χ1n) is 5.05. The average molecular weight is 303 g/mol. The van der Waals surface area contributed by atoms with Crippen LogP contribution in [-0.2, 0) is 10.0 Å². The predicted octanol–water partition coefficient (Wildman–Crippen LogP) is 1.97. The fourth-order valence-corrected chi connectivity index (χ4v) is 2.66. The van der Waals surface area contributed by atoms with Crippen molar-refractivity contribution in [3.05, 3.63) is 57.7 Å². The van der Waals surface area contributed by atoms with E-state index in [4.69, 9.17) is 11.6 Å². The van der Waals surface area contributed by atoms with E-state index in [0.29, 0.717) is 0 Å². The number of hydrogen-bond donors (Lipinski definition) is 2. The molecule has 0 atom stereocenters. The van der Waals surface area contributed by atoms with Crippen LogP contribution in [0.4, 0.5) is 10.1 Å². The van der Waals surface area contributed by atoms with E-state index in [-0.39, 0.29) is 10.7 Å². The van der Waals surface area contributed by atoms with Crippen LogP contribution in [0.25, 0.3) is 0 Å². The van der Waals surface area contributed by atoms with E-state index in [1.807, 2.05) is 4.72 Å². The molecule has 0 amide bonds. The van der Waals surface area contributed by atoms with Crippen molar-refractivity contribution in [1.82, 2.24) is 4.98 Å². The van der Waals surface area contributed by atoms with Gasteiger partial charge < -0.3 is 4.98 Å². The Balaban J connectivity index is 2.43. The van der Waals surface area contributed by atoms with Gasteiger partial charge in [0, 0.05) is 23.5 Å². The van der Waals surface area contributed by atoms with Crippen LogP contribution in [0.15, 0.2) is 46.3 Å². The minimum atomic E-state index is -4.16. The second-order valence-corrected chi connectivity index (χ2v) is 5.69. The molecule has 0 aliphatic carbocycles. The number of sulfonamides is 1. The summed E-state index contributed by atoms with van der Waals surface area (Å²) < 4.78 is 39.3. The van der Waals surface area contributed by atoms with Crippen molar-refractivity contribution in [3.63, 3.8) is 0 Å². The molecule has 0 radical (unpaired) electrons. The highest BCUT2D eigenvalue weighted by molar-refractivity contribution is 7.92. The highest BCUT2D eigenvalue weighted by atomic mass is 35.5. The number of nitrogens with one attached hydrogen (secondary N) is 2. The highest BCUT2D eigenvalue weighted by Gasteiger charge is 2.19. The number of aromatic nitrogens is 1. The molecule has 1 heterocycles. The zero-order chi connectivity index (χ0) is 14.0. The van der Waals surface area contributed by atoms with Crippen molar-refractivity contribution < 1.29 is 12.8 Å². The van der Waals surface area contributed by atoms with E-state index >= 15 is 0 Å². The van der Waals surface area contributed by atoms with E-state index < -0.39 is 26.2 Å². The van der Waals surface area contributed by atoms with Crippen LogP contribution in [0, 0.1) is 5.82 Å². The molecule has 1 aromatic carbocycles. The third-order valence-electron chi connectivity index (χ3n) is 2.25. The molecule has 2 aromatic rings. The van der Waals surface area contributed by atoms with Crippen molar-refractivity contribution in [2.24, 2.45) is 0 Å². The molecular formula is C11H8ClFN2O3S. The molecule has 0 spiro atoms. The monoisotopic (exact) mass is 302 g/mol. The zero-order valence-electron chi connectivity index (χ0n) is 9.35. The number of rotatable bonds is 3. The van der Waals surface area contributed by atoms with Gasteiger partial charge in [0.2, 0.25) is 5.43 Å². The Morgan fingerprint density at radius 2 is 2.00 bits per heavy atom. The van der Waals surface area contributed by atoms with Gasteiger partial charge in [0.05, 0.1) is 5.69 Å². The fraction of sp³-hybridized carbons (Fsp3) is 0. The van der Waals surface area contributed by atoms with E-state index in [9.17, 15) is 17.6 Å². The summed E-state index contributed by atoms with van der Waals surface area (Å²) in [6.07, 6.45) is 2.32. The molecule has 0 bridgehead atoms. The Morgan fingerprint density at radius 3 is 2.63 bits per heavy atom. The van der Waals surface area contributed by atoms with Crippen LogP contribution in [0.1, 0.15) is 0 Å². The van der Waals surface area contributed by atoms with Crippen LogP contribution in [-0.4, -0.2) is 13.4 Å². The number of anilines is 1. The molecule has 2 N–H and O–H groups in total. The smallest absolute Gasteiger partial charge is 0.267 e. The summed E-state index contributed by atoms with van der Waals surface area (Å²) in [6.45, 7) is 0. The fourth-order valence-electron chi connectivity index (χ4n) is 1.38. The first-order valence-corrected chi connectivity index (χ1v) is 6.91. The molecule has 0 unspecified atom stereocenters. The highest BCUT2D eigenvalue weighted by Crippen LogP contribution is 2.21. The molecule has 19 heavy (non-hydrogen) atoms. The van der Waals surface area contributed by atoms with Gasteiger partial charge in [-0.25, -0.2) is 12.8 Å². The topological polar surface area (TPSA) is 79.0 Å². The Bertz CT molecular complexity index is 774. The summed E-state index contributed by atoms with van der Waals surface area (Å²) in [7, 11) is -4.16. The van der Waals surface area contributed by atoms with Crippen LogP contribution in [0.3, 0.4) is 0 Å². The Kier molecular flexibility index (Phi) is 3.59. The van der Waals surface area contributed by atoms with Crippen molar-refractivity contribution in [2.75, 3.05) is 4.72 Å². The number of halogens is 2. The lowest BCUT2D eigenvalue weighted by atomic mass is 10.3. The van der Waals surface area contributed by atoms with Gasteiger partial charge in [0.1, 0.15) is 5.82 Å². The predicted molar refractivity (Wildman–Crippen MR) is 69.3 cm³/mol. The molecule has 0 saturated heterocycles. The molecular weight excluding hydrogens is 295 g/mol. The third kappa shape index (κ3) is 2.94. The van der Waals surface area contributed by atoms with Crippen LogP contribution in [0.2, 0.25) is 5.02 Å². The first kappa shape index (κ1) is 13.6. The number of aromatic amines is 1. The van der Waals surface area contributed by atoms with Crippen molar-refractivity contribution in [1.29, 1.82) is 0 Å². The van der Waals surface area contributed by atoms with E-state index in [0.717, 1.165) is 18.3 Å². The number of pyridine rings is 1. The molecule has 5 nitrogen and oxygen atoms in total. The van der Waals surface area contributed by atoms with Crippen molar-refractivity contribution in [3.8, 4) is 0 Å². The molecule has 0 saturated carbocycles. The zero-order valence-corrected chi connectivity index (χ0v) is 10.9. The van der Waals surface area contributed by atoms with E-state index in [1.54, 1.807) is 0 Å². The lowest BCUT2D eigenvalue weighted by molar-refractivity contribution is 0.597. The minimum absolute atomic E-state index is 0.137. The van der Waals surface area contributed by atoms with Gasteiger partial charge in [-0.1, -0.05) is 11.6 Å². The van der Waals surface area contributed by atoms with Gasteiger partial charge in [-0.05, 0) is 18.2 Å². The Hall–Kier alpha value is -1.86. The quantitative estimate of drug-likeness (QED) is 0.910. The maximum Gasteiger partial charge on any atom is 0.267 e. The van der Waals surface area contributed by atoms with E-state index in [2.05, 4.69) is 4.98 Å². The maximum absolute atomic E-state index is 13.5. The van der Waals surface area contributed by atoms with Crippen molar-refractivity contribution in [2.45, 2.75) is 4.90 Å². The molecule has 8 heteroatoms. The molecule has 2 rings (SSSR count). The first-order chi connectivity index (χ1) is 8.90. The van der Waals surface area contributed by atoms with Crippen LogP contribution >= 0.6 is 11.6 Å². The molecule has 0 aliphatic rings. The second kappa shape index (κ2) is 5.02. The van der Waals surface area contributed by atoms with Gasteiger partial charge in [-0.15, -0.1) is 0 Å². The molecule has 100 valence electrons.